The van der Waals surface area contributed by atoms with E-state index in [1.807, 2.05) is 13.8 Å². The highest BCUT2D eigenvalue weighted by Crippen LogP contribution is 2.19. The highest BCUT2D eigenvalue weighted by atomic mass is 16.4. The normalized spacial score (nSPS) is 13.1. The van der Waals surface area contributed by atoms with E-state index in [2.05, 4.69) is 17.4 Å². The fraction of sp³-hybridized carbons (Fsp3) is 0.917. The zero-order valence-corrected chi connectivity index (χ0v) is 10.9. The number of amidine groups is 1. The van der Waals surface area contributed by atoms with Crippen LogP contribution in [0.1, 0.15) is 52.9 Å². The van der Waals surface area contributed by atoms with Crippen molar-refractivity contribution in [1.29, 1.82) is 0 Å². The molecule has 0 radical (unpaired) electrons. The van der Waals surface area contributed by atoms with Gasteiger partial charge in [0.05, 0.1) is 0 Å². The van der Waals surface area contributed by atoms with Gasteiger partial charge in [-0.25, -0.2) is 0 Å². The van der Waals surface area contributed by atoms with E-state index in [0.717, 1.165) is 19.5 Å². The van der Waals surface area contributed by atoms with Crippen LogP contribution in [0.5, 0.6) is 0 Å². The van der Waals surface area contributed by atoms with Gasteiger partial charge in [-0.2, -0.15) is 0 Å². The number of hydrogen-bond donors (Lipinski definition) is 3. The summed E-state index contributed by atoms with van der Waals surface area (Å²) in [5, 5.41) is 15.1. The summed E-state index contributed by atoms with van der Waals surface area (Å²) in [6, 6.07) is 0. The Labute approximate surface area is 99.3 Å². The first kappa shape index (κ1) is 15.2. The Balaban J connectivity index is 3.51. The highest BCUT2D eigenvalue weighted by molar-refractivity contribution is 5.85. The Morgan fingerprint density at radius 2 is 1.94 bits per heavy atom. The number of unbranched alkanes of at least 4 members (excludes halogenated alkanes) is 3. The van der Waals surface area contributed by atoms with Crippen LogP contribution >= 0.6 is 0 Å². The second-order valence-electron chi connectivity index (χ2n) is 4.93. The topological polar surface area (TPSA) is 70.6 Å². The van der Waals surface area contributed by atoms with Crippen molar-refractivity contribution in [1.82, 2.24) is 5.32 Å². The molecular weight excluding hydrogens is 202 g/mol. The molecular formula is C12H27N3O. The Morgan fingerprint density at radius 3 is 2.50 bits per heavy atom. The maximum atomic E-state index is 8.61. The van der Waals surface area contributed by atoms with Crippen molar-refractivity contribution >= 4 is 5.84 Å². The number of nitrogens with one attached hydrogen (secondary N) is 1. The van der Waals surface area contributed by atoms with Crippen molar-refractivity contribution in [3.8, 4) is 0 Å². The van der Waals surface area contributed by atoms with Crippen LogP contribution < -0.4 is 11.1 Å². The molecule has 4 heteroatoms. The number of rotatable bonds is 9. The largest absolute Gasteiger partial charge is 0.409 e. The van der Waals surface area contributed by atoms with Gasteiger partial charge < -0.3 is 16.3 Å². The Morgan fingerprint density at radius 1 is 1.25 bits per heavy atom. The fourth-order valence-corrected chi connectivity index (χ4v) is 1.47. The third kappa shape index (κ3) is 6.67. The lowest BCUT2D eigenvalue weighted by Gasteiger charge is -2.22. The minimum Gasteiger partial charge on any atom is -0.409 e. The van der Waals surface area contributed by atoms with E-state index >= 15 is 0 Å². The monoisotopic (exact) mass is 229 g/mol. The van der Waals surface area contributed by atoms with Crippen LogP contribution in [-0.2, 0) is 0 Å². The van der Waals surface area contributed by atoms with Gasteiger partial charge in [-0.1, -0.05) is 45.2 Å². The average molecular weight is 229 g/mol. The minimum atomic E-state index is -0.231. The van der Waals surface area contributed by atoms with Crippen LogP contribution in [0.2, 0.25) is 0 Å². The van der Waals surface area contributed by atoms with Crippen LogP contribution in [0.3, 0.4) is 0 Å². The number of hydrogen-bond acceptors (Lipinski definition) is 3. The molecule has 0 fully saturated rings. The number of nitrogens with two attached hydrogens (primary N) is 1. The summed E-state index contributed by atoms with van der Waals surface area (Å²) in [6.07, 6.45) is 6.01. The van der Waals surface area contributed by atoms with E-state index in [0.29, 0.717) is 5.84 Å². The Hall–Kier alpha value is -0.770. The molecule has 96 valence electrons. The summed E-state index contributed by atoms with van der Waals surface area (Å²) in [5.74, 6) is 0.306. The van der Waals surface area contributed by atoms with E-state index in [9.17, 15) is 0 Å². The number of nitrogens with zero attached hydrogens (tertiary/aromatic N) is 1. The lowest BCUT2D eigenvalue weighted by atomic mass is 9.88. The molecule has 0 spiro atoms. The van der Waals surface area contributed by atoms with Gasteiger partial charge in [-0.3, -0.25) is 0 Å². The molecule has 0 aromatic heterocycles. The van der Waals surface area contributed by atoms with Gasteiger partial charge in [-0.15, -0.1) is 0 Å². The quantitative estimate of drug-likeness (QED) is 0.187. The van der Waals surface area contributed by atoms with Crippen molar-refractivity contribution in [3.63, 3.8) is 0 Å². The smallest absolute Gasteiger partial charge is 0.144 e. The van der Waals surface area contributed by atoms with Gasteiger partial charge in [0, 0.05) is 5.41 Å². The van der Waals surface area contributed by atoms with Crippen LogP contribution in [-0.4, -0.2) is 24.1 Å². The summed E-state index contributed by atoms with van der Waals surface area (Å²) < 4.78 is 0. The zero-order chi connectivity index (χ0) is 12.4. The molecule has 0 amide bonds. The summed E-state index contributed by atoms with van der Waals surface area (Å²) in [5.41, 5.74) is 5.37. The zero-order valence-electron chi connectivity index (χ0n) is 10.9. The molecule has 0 aliphatic heterocycles. The van der Waals surface area contributed by atoms with Crippen molar-refractivity contribution < 1.29 is 5.21 Å². The second kappa shape index (κ2) is 8.39. The first-order chi connectivity index (χ1) is 7.54. The summed E-state index contributed by atoms with van der Waals surface area (Å²) >= 11 is 0. The van der Waals surface area contributed by atoms with E-state index in [1.165, 1.54) is 25.7 Å². The maximum absolute atomic E-state index is 8.61. The molecule has 0 rings (SSSR count). The molecule has 16 heavy (non-hydrogen) atoms. The average Bonchev–Trinajstić information content (AvgIpc) is 2.26. The van der Waals surface area contributed by atoms with Crippen LogP contribution in [0.15, 0.2) is 5.16 Å². The minimum absolute atomic E-state index is 0.231. The predicted octanol–water partition coefficient (Wildman–Crippen LogP) is 2.32. The van der Waals surface area contributed by atoms with Gasteiger partial charge in [0.25, 0.3) is 0 Å². The third-order valence-electron chi connectivity index (χ3n) is 2.94. The molecule has 0 aromatic carbocycles. The van der Waals surface area contributed by atoms with Gasteiger partial charge in [0.15, 0.2) is 0 Å². The van der Waals surface area contributed by atoms with Gasteiger partial charge in [-0.05, 0) is 25.9 Å². The van der Waals surface area contributed by atoms with Crippen molar-refractivity contribution in [2.24, 2.45) is 16.3 Å². The van der Waals surface area contributed by atoms with Crippen molar-refractivity contribution in [3.05, 3.63) is 0 Å². The van der Waals surface area contributed by atoms with Crippen molar-refractivity contribution in [2.45, 2.75) is 52.9 Å². The van der Waals surface area contributed by atoms with Gasteiger partial charge in [0.2, 0.25) is 0 Å². The molecule has 4 nitrogen and oxygen atoms in total. The molecule has 0 bridgehead atoms. The van der Waals surface area contributed by atoms with Gasteiger partial charge >= 0.3 is 0 Å². The summed E-state index contributed by atoms with van der Waals surface area (Å²) in [7, 11) is 0. The summed E-state index contributed by atoms with van der Waals surface area (Å²) in [6.45, 7) is 8.16. The highest BCUT2D eigenvalue weighted by Gasteiger charge is 2.22. The van der Waals surface area contributed by atoms with Crippen LogP contribution in [0, 0.1) is 5.41 Å². The Kier molecular flexibility index (Phi) is 7.99. The molecule has 0 aromatic rings. The van der Waals surface area contributed by atoms with Gasteiger partial charge in [0.1, 0.15) is 5.84 Å². The fourth-order valence-electron chi connectivity index (χ4n) is 1.47. The maximum Gasteiger partial charge on any atom is 0.144 e. The first-order valence-corrected chi connectivity index (χ1v) is 6.23. The predicted molar refractivity (Wildman–Crippen MR) is 68.8 cm³/mol. The van der Waals surface area contributed by atoms with E-state index in [-0.39, 0.29) is 5.41 Å². The Bertz CT molecular complexity index is 202. The molecule has 0 atom stereocenters. The molecule has 0 heterocycles. The van der Waals surface area contributed by atoms with Crippen LogP contribution in [0.4, 0.5) is 0 Å². The molecule has 0 unspecified atom stereocenters. The molecule has 0 saturated carbocycles. The third-order valence-corrected chi connectivity index (χ3v) is 2.94. The summed E-state index contributed by atoms with van der Waals surface area (Å²) in [4.78, 5) is 0. The lowest BCUT2D eigenvalue weighted by Crippen LogP contribution is -2.35. The van der Waals surface area contributed by atoms with E-state index in [4.69, 9.17) is 10.9 Å². The molecule has 0 aliphatic carbocycles. The molecule has 0 aliphatic rings. The molecule has 4 N–H and O–H groups in total. The second-order valence-corrected chi connectivity index (χ2v) is 4.93. The lowest BCUT2D eigenvalue weighted by molar-refractivity contribution is 0.305. The standard InChI is InChI=1S/C12H27N3O/c1-4-5-6-7-9-14-10-8-12(2,3)11(13)15-16/h14,16H,4-10H2,1-3H3,(H2,13,15). The SMILES string of the molecule is CCCCCCNCCC(C)(C)C(N)=NO. The van der Waals surface area contributed by atoms with Crippen LogP contribution in [0.25, 0.3) is 0 Å². The molecule has 0 saturated heterocycles. The number of oxime groups is 1. The van der Waals surface area contributed by atoms with Crippen molar-refractivity contribution in [2.75, 3.05) is 13.1 Å². The van der Waals surface area contributed by atoms with E-state index < -0.39 is 0 Å². The first-order valence-electron chi connectivity index (χ1n) is 6.23. The van der Waals surface area contributed by atoms with E-state index in [1.54, 1.807) is 0 Å².